The van der Waals surface area contributed by atoms with Crippen molar-refractivity contribution in [3.63, 3.8) is 0 Å². The fourth-order valence-electron chi connectivity index (χ4n) is 6.85. The first-order valence-corrected chi connectivity index (χ1v) is 13.6. The molecule has 39 heavy (non-hydrogen) atoms. The van der Waals surface area contributed by atoms with E-state index in [4.69, 9.17) is 9.47 Å². The maximum Gasteiger partial charge on any atom is 0.397 e. The number of hydrogen-bond donors (Lipinski definition) is 1. The molecule has 0 unspecified atom stereocenters. The van der Waals surface area contributed by atoms with Crippen LogP contribution in [0.2, 0.25) is 0 Å². The SMILES string of the molecule is COc1ccccc1[C@]1(O)CCC(c2ccccc2)(c2ccccc2)[C@H]2CN(C(=O)C(=O)OC(C)(C)C)C[C@H]21. The molecule has 0 spiro atoms. The van der Waals surface area contributed by atoms with E-state index >= 15 is 0 Å². The summed E-state index contributed by atoms with van der Waals surface area (Å²) in [7, 11) is 1.60. The van der Waals surface area contributed by atoms with Crippen molar-refractivity contribution < 1.29 is 24.2 Å². The Morgan fingerprint density at radius 1 is 0.821 bits per heavy atom. The van der Waals surface area contributed by atoms with Crippen molar-refractivity contribution in [2.45, 2.75) is 50.2 Å². The van der Waals surface area contributed by atoms with E-state index in [2.05, 4.69) is 24.3 Å². The highest BCUT2D eigenvalue weighted by molar-refractivity contribution is 6.32. The molecule has 1 aliphatic carbocycles. The van der Waals surface area contributed by atoms with E-state index < -0.39 is 28.5 Å². The lowest BCUT2D eigenvalue weighted by Gasteiger charge is -2.53. The fraction of sp³-hybridized carbons (Fsp3) is 0.394. The molecule has 1 saturated heterocycles. The van der Waals surface area contributed by atoms with Crippen LogP contribution in [0.1, 0.15) is 50.3 Å². The molecule has 204 valence electrons. The number of aliphatic hydroxyl groups is 1. The first kappa shape index (κ1) is 26.9. The molecule has 1 saturated carbocycles. The summed E-state index contributed by atoms with van der Waals surface area (Å²) in [6.45, 7) is 5.80. The molecular weight excluding hydrogens is 490 g/mol. The van der Waals surface area contributed by atoms with E-state index in [9.17, 15) is 14.7 Å². The minimum absolute atomic E-state index is 0.169. The molecule has 6 nitrogen and oxygen atoms in total. The van der Waals surface area contributed by atoms with Gasteiger partial charge in [-0.3, -0.25) is 4.79 Å². The summed E-state index contributed by atoms with van der Waals surface area (Å²) in [5.41, 5.74) is 0.482. The van der Waals surface area contributed by atoms with Gasteiger partial charge in [0.1, 0.15) is 11.4 Å². The Morgan fingerprint density at radius 2 is 1.36 bits per heavy atom. The van der Waals surface area contributed by atoms with E-state index in [1.807, 2.05) is 60.7 Å². The standard InChI is InChI=1S/C33H37NO5/c1-31(2,3)39-30(36)29(35)34-21-26-27(22-34)33(37,25-17-11-12-18-28(25)38-4)20-19-32(26,23-13-7-5-8-14-23)24-15-9-6-10-16-24/h5-18,26-27,37H,19-22H2,1-4H3/t26-,27+,33+/m0/s1. The first-order chi connectivity index (χ1) is 18.6. The van der Waals surface area contributed by atoms with Gasteiger partial charge in [0.2, 0.25) is 0 Å². The average molecular weight is 528 g/mol. The number of esters is 1. The third kappa shape index (κ3) is 4.71. The van der Waals surface area contributed by atoms with Gasteiger partial charge < -0.3 is 19.5 Å². The van der Waals surface area contributed by atoms with Crippen LogP contribution in [0.25, 0.3) is 0 Å². The van der Waals surface area contributed by atoms with Crippen LogP contribution in [0.15, 0.2) is 84.9 Å². The Kier molecular flexibility index (Phi) is 7.02. The maximum atomic E-state index is 13.5. The maximum absolute atomic E-state index is 13.5. The third-order valence-corrected chi connectivity index (χ3v) is 8.48. The highest BCUT2D eigenvalue weighted by Crippen LogP contribution is 2.60. The van der Waals surface area contributed by atoms with Crippen molar-refractivity contribution in [1.29, 1.82) is 0 Å². The van der Waals surface area contributed by atoms with Crippen molar-refractivity contribution >= 4 is 11.9 Å². The van der Waals surface area contributed by atoms with Gasteiger partial charge in [-0.1, -0.05) is 78.9 Å². The highest BCUT2D eigenvalue weighted by atomic mass is 16.6. The van der Waals surface area contributed by atoms with Crippen molar-refractivity contribution in [3.05, 3.63) is 102 Å². The lowest BCUT2D eigenvalue weighted by molar-refractivity contribution is -0.167. The molecule has 3 atom stereocenters. The molecular formula is C33H37NO5. The molecule has 0 radical (unpaired) electrons. The largest absolute Gasteiger partial charge is 0.496 e. The molecule has 1 aliphatic heterocycles. The molecule has 5 rings (SSSR count). The molecule has 3 aromatic carbocycles. The number of methoxy groups -OCH3 is 1. The molecule has 6 heteroatoms. The van der Waals surface area contributed by atoms with Crippen LogP contribution in [-0.4, -0.2) is 47.7 Å². The van der Waals surface area contributed by atoms with Crippen LogP contribution in [0, 0.1) is 11.8 Å². The minimum atomic E-state index is -1.26. The summed E-state index contributed by atoms with van der Waals surface area (Å²) in [6.07, 6.45) is 1.12. The number of fused-ring (bicyclic) bond motifs is 1. The van der Waals surface area contributed by atoms with Crippen molar-refractivity contribution in [2.75, 3.05) is 20.2 Å². The number of likely N-dealkylation sites (tertiary alicyclic amines) is 1. The lowest BCUT2D eigenvalue weighted by Crippen LogP contribution is -2.53. The fourth-order valence-corrected chi connectivity index (χ4v) is 6.85. The number of para-hydroxylation sites is 1. The normalized spacial score (nSPS) is 24.1. The monoisotopic (exact) mass is 527 g/mol. The van der Waals surface area contributed by atoms with Gasteiger partial charge >= 0.3 is 11.9 Å². The smallest absolute Gasteiger partial charge is 0.397 e. The van der Waals surface area contributed by atoms with Gasteiger partial charge in [-0.05, 0) is 56.7 Å². The number of nitrogens with zero attached hydrogens (tertiary/aromatic N) is 1. The van der Waals surface area contributed by atoms with Gasteiger partial charge in [-0.15, -0.1) is 0 Å². The zero-order valence-corrected chi connectivity index (χ0v) is 23.1. The van der Waals surface area contributed by atoms with Crippen LogP contribution in [0.3, 0.4) is 0 Å². The van der Waals surface area contributed by atoms with E-state index in [0.717, 1.165) is 11.1 Å². The van der Waals surface area contributed by atoms with Gasteiger partial charge in [-0.25, -0.2) is 4.79 Å². The summed E-state index contributed by atoms with van der Waals surface area (Å²) in [5, 5.41) is 12.5. The quantitative estimate of drug-likeness (QED) is 0.378. The predicted molar refractivity (Wildman–Crippen MR) is 149 cm³/mol. The lowest BCUT2D eigenvalue weighted by atomic mass is 9.52. The van der Waals surface area contributed by atoms with Gasteiger partial charge in [0.05, 0.1) is 12.7 Å². The van der Waals surface area contributed by atoms with Gasteiger partial charge in [0.25, 0.3) is 0 Å². The van der Waals surface area contributed by atoms with Crippen molar-refractivity contribution in [1.82, 2.24) is 4.90 Å². The Labute approximate surface area is 230 Å². The predicted octanol–water partition coefficient (Wildman–Crippen LogP) is 5.08. The topological polar surface area (TPSA) is 76.1 Å². The average Bonchev–Trinajstić information content (AvgIpc) is 3.40. The van der Waals surface area contributed by atoms with Crippen LogP contribution in [0.5, 0.6) is 5.75 Å². The number of benzene rings is 3. The number of carbonyl (C=O) groups excluding carboxylic acids is 2. The second-order valence-electron chi connectivity index (χ2n) is 11.8. The second kappa shape index (κ2) is 10.2. The molecule has 0 bridgehead atoms. The number of ether oxygens (including phenoxy) is 2. The van der Waals surface area contributed by atoms with E-state index in [0.29, 0.717) is 30.7 Å². The van der Waals surface area contributed by atoms with Crippen LogP contribution < -0.4 is 4.74 Å². The van der Waals surface area contributed by atoms with Crippen LogP contribution >= 0.6 is 0 Å². The summed E-state index contributed by atoms with van der Waals surface area (Å²) in [4.78, 5) is 27.9. The van der Waals surface area contributed by atoms with Gasteiger partial charge in [0.15, 0.2) is 0 Å². The van der Waals surface area contributed by atoms with Crippen LogP contribution in [0.4, 0.5) is 0 Å². The van der Waals surface area contributed by atoms with Gasteiger partial charge in [-0.2, -0.15) is 0 Å². The van der Waals surface area contributed by atoms with E-state index in [1.165, 1.54) is 0 Å². The molecule has 3 aromatic rings. The Balaban J connectivity index is 1.66. The molecule has 1 N–H and O–H groups in total. The summed E-state index contributed by atoms with van der Waals surface area (Å²) in [5.74, 6) is -1.45. The molecule has 0 aromatic heterocycles. The zero-order chi connectivity index (χ0) is 27.8. The Hall–Kier alpha value is -3.64. The zero-order valence-electron chi connectivity index (χ0n) is 23.1. The van der Waals surface area contributed by atoms with Crippen molar-refractivity contribution in [2.24, 2.45) is 11.8 Å². The van der Waals surface area contributed by atoms with E-state index in [1.54, 1.807) is 32.8 Å². The Bertz CT molecular complexity index is 1290. The number of amides is 1. The minimum Gasteiger partial charge on any atom is -0.496 e. The summed E-state index contributed by atoms with van der Waals surface area (Å²) in [6, 6.07) is 28.2. The van der Waals surface area contributed by atoms with Crippen molar-refractivity contribution in [3.8, 4) is 5.75 Å². The summed E-state index contributed by atoms with van der Waals surface area (Å²) < 4.78 is 11.1. The first-order valence-electron chi connectivity index (χ1n) is 13.6. The third-order valence-electron chi connectivity index (χ3n) is 8.48. The second-order valence-corrected chi connectivity index (χ2v) is 11.8. The number of carbonyl (C=O) groups is 2. The number of rotatable bonds is 4. The molecule has 2 fully saturated rings. The van der Waals surface area contributed by atoms with E-state index in [-0.39, 0.29) is 18.4 Å². The molecule has 1 heterocycles. The number of hydrogen-bond acceptors (Lipinski definition) is 5. The van der Waals surface area contributed by atoms with Crippen LogP contribution in [-0.2, 0) is 25.3 Å². The molecule has 1 amide bonds. The van der Waals surface area contributed by atoms with Gasteiger partial charge in [0, 0.05) is 30.0 Å². The molecule has 2 aliphatic rings. The summed E-state index contributed by atoms with van der Waals surface area (Å²) >= 11 is 0. The Morgan fingerprint density at radius 3 is 1.92 bits per heavy atom. The highest BCUT2D eigenvalue weighted by Gasteiger charge is 2.61.